The molecule has 0 saturated carbocycles. The van der Waals surface area contributed by atoms with E-state index in [-0.39, 0.29) is 11.1 Å². The number of carbonyl (C=O) groups is 4. The summed E-state index contributed by atoms with van der Waals surface area (Å²) in [6.45, 7) is 21.7. The Kier molecular flexibility index (Phi) is 25.1. The largest absolute Gasteiger partial charge is 0.493 e. The number of anilines is 6. The zero-order chi connectivity index (χ0) is 60.5. The van der Waals surface area contributed by atoms with Crippen LogP contribution in [0.5, 0.6) is 23.0 Å². The highest BCUT2D eigenvalue weighted by atomic mass is 16.5. The molecule has 6 aromatic rings. The van der Waals surface area contributed by atoms with Gasteiger partial charge in [0.15, 0.2) is 23.0 Å². The zero-order valence-corrected chi connectivity index (χ0v) is 49.4. The van der Waals surface area contributed by atoms with Gasteiger partial charge < -0.3 is 69.8 Å². The molecule has 6 heterocycles. The number of aromatic nitrogens is 4. The van der Waals surface area contributed by atoms with Gasteiger partial charge in [0.2, 0.25) is 23.7 Å². The van der Waals surface area contributed by atoms with Gasteiger partial charge in [0.05, 0.1) is 78.1 Å². The van der Waals surface area contributed by atoms with Crippen molar-refractivity contribution in [2.24, 2.45) is 11.5 Å². The van der Waals surface area contributed by atoms with Gasteiger partial charge in [0, 0.05) is 111 Å². The topological polar surface area (TPSA) is 307 Å². The number of nitrogens with one attached hydrogen (secondary N) is 4. The second-order valence-corrected chi connectivity index (χ2v) is 19.3. The van der Waals surface area contributed by atoms with E-state index in [9.17, 15) is 19.2 Å². The summed E-state index contributed by atoms with van der Waals surface area (Å²) in [6.07, 6.45) is 1.25. The van der Waals surface area contributed by atoms with Crippen LogP contribution in [-0.4, -0.2) is 199 Å². The monoisotopic (exact) mass is 1180 g/mol. The Hall–Kier alpha value is -8.40. The smallest absolute Gasteiger partial charge is 0.324 e. The highest BCUT2D eigenvalue weighted by molar-refractivity contribution is 6.07. The van der Waals surface area contributed by atoms with E-state index in [4.69, 9.17) is 69.3 Å². The van der Waals surface area contributed by atoms with Gasteiger partial charge in [0.1, 0.15) is 24.8 Å². The Morgan fingerprint density at radius 3 is 1.19 bits per heavy atom. The van der Waals surface area contributed by atoms with Crippen molar-refractivity contribution < 1.29 is 57.1 Å². The molecule has 26 heteroatoms. The lowest BCUT2D eigenvalue weighted by Gasteiger charge is -2.27. The molecule has 0 unspecified atom stereocenters. The summed E-state index contributed by atoms with van der Waals surface area (Å²) in [4.78, 5) is 76.7. The summed E-state index contributed by atoms with van der Waals surface area (Å²) in [6, 6.07) is 18.8. The Labute approximate surface area is 495 Å². The minimum absolute atomic E-state index is 0.283. The van der Waals surface area contributed by atoms with Gasteiger partial charge in [-0.1, -0.05) is 46.2 Å². The molecule has 10 rings (SSSR count). The van der Waals surface area contributed by atoms with E-state index in [1.165, 1.54) is 18.6 Å². The van der Waals surface area contributed by atoms with Gasteiger partial charge in [-0.25, -0.2) is 19.6 Å². The van der Waals surface area contributed by atoms with Gasteiger partial charge in [0.25, 0.3) is 0 Å². The molecule has 8 N–H and O–H groups in total. The first kappa shape index (κ1) is 64.2. The highest BCUT2D eigenvalue weighted by Gasteiger charge is 2.23. The van der Waals surface area contributed by atoms with Crippen molar-refractivity contribution >= 4 is 80.6 Å². The quantitative estimate of drug-likeness (QED) is 0.0550. The fourth-order valence-electron chi connectivity index (χ4n) is 9.05. The third-order valence-corrected chi connectivity index (χ3v) is 13.3. The maximum atomic E-state index is 13.0. The van der Waals surface area contributed by atoms with Crippen LogP contribution in [0.15, 0.2) is 72.8 Å². The number of ether oxygens (including phenoxy) is 8. The molecule has 0 bridgehead atoms. The number of benzene rings is 4. The molecule has 0 spiro atoms. The maximum Gasteiger partial charge on any atom is 0.324 e. The minimum Gasteiger partial charge on any atom is -0.493 e. The molecule has 85 heavy (non-hydrogen) atoms. The lowest BCUT2D eigenvalue weighted by Crippen LogP contribution is -2.38. The number of nitrogens with zero attached hydrogens (tertiary/aromatic N) is 8. The fraction of sp³-hybridized carbons (Fsp3) is 0.458. The van der Waals surface area contributed by atoms with E-state index in [1.807, 2.05) is 23.6 Å². The molecule has 4 fully saturated rings. The predicted molar refractivity (Wildman–Crippen MR) is 326 cm³/mol. The number of primary amides is 2. The average Bonchev–Trinajstić information content (AvgIpc) is 1.78. The van der Waals surface area contributed by atoms with E-state index in [0.29, 0.717) is 172 Å². The lowest BCUT2D eigenvalue weighted by molar-refractivity contribution is 0.0320. The highest BCUT2D eigenvalue weighted by Crippen LogP contribution is 2.37. The van der Waals surface area contributed by atoms with E-state index >= 15 is 0 Å². The standard InChI is InChI=1S/2C27H33N7O6.C3H8.C2H6/c2*1-37-22-17-21-20(16-23(22)40-14-7-33-5-10-38-11-6-33)25(31-26(30-21)34-8-12-39-13-9-34)32-27(36)29-19-4-2-3-18(15-19)24(28)35;1-3-2;1-2/h2*2-4,15-17H,5-14H2,1H3,(H2,28,35)(H2,29,30,31,32,36);3H2,1-2H3;1-2H3. The molecule has 4 aliphatic rings. The first-order valence-corrected chi connectivity index (χ1v) is 28.7. The summed E-state index contributed by atoms with van der Waals surface area (Å²) in [5.41, 5.74) is 13.3. The number of hydrogen-bond acceptors (Lipinski definition) is 20. The summed E-state index contributed by atoms with van der Waals surface area (Å²) < 4.78 is 45.2. The summed E-state index contributed by atoms with van der Waals surface area (Å²) >= 11 is 0. The number of urea groups is 2. The van der Waals surface area contributed by atoms with Crippen molar-refractivity contribution in [3.63, 3.8) is 0 Å². The molecule has 4 saturated heterocycles. The van der Waals surface area contributed by atoms with Crippen LogP contribution in [0, 0.1) is 0 Å². The van der Waals surface area contributed by atoms with Crippen LogP contribution in [0.4, 0.5) is 44.5 Å². The van der Waals surface area contributed by atoms with Crippen LogP contribution in [0.2, 0.25) is 0 Å². The maximum absolute atomic E-state index is 13.0. The number of amides is 6. The van der Waals surface area contributed by atoms with Crippen molar-refractivity contribution in [3.8, 4) is 23.0 Å². The van der Waals surface area contributed by atoms with E-state index in [1.54, 1.807) is 74.9 Å². The number of nitrogens with two attached hydrogens (primary N) is 2. The molecule has 4 aromatic carbocycles. The van der Waals surface area contributed by atoms with Gasteiger partial charge in [-0.3, -0.25) is 30.0 Å². The molecule has 6 amide bonds. The summed E-state index contributed by atoms with van der Waals surface area (Å²) in [5, 5.41) is 12.3. The van der Waals surface area contributed by atoms with Crippen molar-refractivity contribution in [2.45, 2.75) is 34.1 Å². The fourth-order valence-corrected chi connectivity index (χ4v) is 9.05. The van der Waals surface area contributed by atoms with Crippen molar-refractivity contribution in [3.05, 3.63) is 83.9 Å². The van der Waals surface area contributed by atoms with Crippen LogP contribution in [0.1, 0.15) is 54.8 Å². The first-order valence-electron chi connectivity index (χ1n) is 28.7. The summed E-state index contributed by atoms with van der Waals surface area (Å²) in [5.74, 6) is 2.44. The second-order valence-electron chi connectivity index (χ2n) is 19.3. The van der Waals surface area contributed by atoms with Gasteiger partial charge in [-0.05, 0) is 48.5 Å². The zero-order valence-electron chi connectivity index (χ0n) is 49.4. The second kappa shape index (κ2) is 33.2. The number of hydrogen-bond donors (Lipinski definition) is 6. The third kappa shape index (κ3) is 18.8. The van der Waals surface area contributed by atoms with Gasteiger partial charge in [-0.2, -0.15) is 9.97 Å². The third-order valence-electron chi connectivity index (χ3n) is 13.3. The van der Waals surface area contributed by atoms with Crippen LogP contribution in [0.25, 0.3) is 21.8 Å². The van der Waals surface area contributed by atoms with E-state index in [0.717, 1.165) is 39.3 Å². The minimum atomic E-state index is -0.587. The number of carbonyl (C=O) groups excluding carboxylic acids is 4. The number of methoxy groups -OCH3 is 2. The molecule has 2 aromatic heterocycles. The summed E-state index contributed by atoms with van der Waals surface area (Å²) in [7, 11) is 3.15. The molecular weight excluding hydrogens is 1100 g/mol. The van der Waals surface area contributed by atoms with E-state index in [2.05, 4.69) is 44.9 Å². The SMILES string of the molecule is CC.CCC.COc1cc2nc(N3CCOCC3)nc(NC(=O)Nc3cccc(C(N)=O)c3)c2cc1OCCN1CCOCC1.COc1cc2nc(N3CCOCC3)nc(NC(=O)Nc3cccc(C(N)=O)c3)c2cc1OCCN1CCOCC1. The Morgan fingerprint density at radius 1 is 0.494 bits per heavy atom. The molecule has 4 aliphatic heterocycles. The number of fused-ring (bicyclic) bond motifs is 2. The first-order chi connectivity index (χ1) is 41.4. The van der Waals surface area contributed by atoms with Crippen molar-refractivity contribution in [1.29, 1.82) is 0 Å². The molecule has 0 radical (unpaired) electrons. The lowest BCUT2D eigenvalue weighted by atomic mass is 10.2. The number of morpholine rings is 4. The Balaban J connectivity index is 0.000000227. The van der Waals surface area contributed by atoms with Crippen LogP contribution in [-0.2, 0) is 18.9 Å². The molecule has 458 valence electrons. The normalized spacial score (nSPS) is 15.3. The van der Waals surface area contributed by atoms with Crippen LogP contribution >= 0.6 is 0 Å². The van der Waals surface area contributed by atoms with Crippen LogP contribution in [0.3, 0.4) is 0 Å². The molecule has 0 aliphatic carbocycles. The Bertz CT molecular complexity index is 2950. The van der Waals surface area contributed by atoms with Crippen LogP contribution < -0.4 is 61.5 Å². The predicted octanol–water partition coefficient (Wildman–Crippen LogP) is 6.30. The van der Waals surface area contributed by atoms with Crippen molar-refractivity contribution in [1.82, 2.24) is 29.7 Å². The van der Waals surface area contributed by atoms with E-state index < -0.39 is 23.9 Å². The number of rotatable bonds is 18. The van der Waals surface area contributed by atoms with Gasteiger partial charge in [-0.15, -0.1) is 0 Å². The molecule has 26 nitrogen and oxygen atoms in total. The van der Waals surface area contributed by atoms with Crippen molar-refractivity contribution in [2.75, 3.05) is 177 Å². The molecular formula is C59H80N14O12. The van der Waals surface area contributed by atoms with Gasteiger partial charge >= 0.3 is 12.1 Å². The average molecular weight is 1180 g/mol. The molecule has 0 atom stereocenters. The Morgan fingerprint density at radius 2 is 0.847 bits per heavy atom.